The SMILES string of the molecule is CNC(Cc1cc(OC)ccc1Br)c1cc(Br)ccc1Cl. The first-order valence-electron chi connectivity index (χ1n) is 6.49. The minimum atomic E-state index is 0.124. The number of hydrogen-bond donors (Lipinski definition) is 1. The molecular formula is C16H16Br2ClNO. The van der Waals surface area contributed by atoms with Gasteiger partial charge in [-0.05, 0) is 61.0 Å². The van der Waals surface area contributed by atoms with Gasteiger partial charge in [-0.25, -0.2) is 0 Å². The lowest BCUT2D eigenvalue weighted by molar-refractivity contribution is 0.414. The van der Waals surface area contributed by atoms with Crippen LogP contribution in [0.25, 0.3) is 0 Å². The summed E-state index contributed by atoms with van der Waals surface area (Å²) in [6.45, 7) is 0. The Morgan fingerprint density at radius 1 is 1.19 bits per heavy atom. The third kappa shape index (κ3) is 4.22. The van der Waals surface area contributed by atoms with E-state index in [0.29, 0.717) is 0 Å². The summed E-state index contributed by atoms with van der Waals surface area (Å²) >= 11 is 13.4. The molecule has 1 atom stereocenters. The minimum absolute atomic E-state index is 0.124. The highest BCUT2D eigenvalue weighted by atomic mass is 79.9. The zero-order valence-electron chi connectivity index (χ0n) is 11.8. The van der Waals surface area contributed by atoms with Crippen LogP contribution in [0, 0.1) is 0 Å². The van der Waals surface area contributed by atoms with Crippen molar-refractivity contribution in [2.75, 3.05) is 14.2 Å². The predicted octanol–water partition coefficient (Wildman–Crippen LogP) is 5.38. The smallest absolute Gasteiger partial charge is 0.119 e. The van der Waals surface area contributed by atoms with Crippen molar-refractivity contribution in [1.82, 2.24) is 5.32 Å². The van der Waals surface area contributed by atoms with Crippen LogP contribution >= 0.6 is 43.5 Å². The van der Waals surface area contributed by atoms with Gasteiger partial charge in [0.1, 0.15) is 5.75 Å². The predicted molar refractivity (Wildman–Crippen MR) is 95.4 cm³/mol. The Bertz CT molecular complexity index is 634. The van der Waals surface area contributed by atoms with Gasteiger partial charge in [-0.3, -0.25) is 0 Å². The molecule has 2 aromatic carbocycles. The minimum Gasteiger partial charge on any atom is -0.497 e. The third-order valence-electron chi connectivity index (χ3n) is 3.36. The van der Waals surface area contributed by atoms with Crippen LogP contribution in [0.15, 0.2) is 45.3 Å². The fourth-order valence-electron chi connectivity index (χ4n) is 2.20. The quantitative estimate of drug-likeness (QED) is 0.684. The van der Waals surface area contributed by atoms with Crippen molar-refractivity contribution < 1.29 is 4.74 Å². The molecule has 5 heteroatoms. The summed E-state index contributed by atoms with van der Waals surface area (Å²) in [7, 11) is 3.61. The molecular weight excluding hydrogens is 417 g/mol. The van der Waals surface area contributed by atoms with Crippen molar-refractivity contribution in [3.05, 3.63) is 61.5 Å². The van der Waals surface area contributed by atoms with Gasteiger partial charge in [-0.1, -0.05) is 43.5 Å². The summed E-state index contributed by atoms with van der Waals surface area (Å²) in [6, 6.07) is 12.0. The van der Waals surface area contributed by atoms with Crippen LogP contribution in [-0.2, 0) is 6.42 Å². The molecule has 1 N–H and O–H groups in total. The molecule has 0 radical (unpaired) electrons. The first-order chi connectivity index (χ1) is 10.0. The van der Waals surface area contributed by atoms with Crippen molar-refractivity contribution in [3.63, 3.8) is 0 Å². The van der Waals surface area contributed by atoms with E-state index in [1.807, 2.05) is 37.4 Å². The molecule has 0 amide bonds. The number of benzene rings is 2. The maximum absolute atomic E-state index is 6.34. The number of rotatable bonds is 5. The summed E-state index contributed by atoms with van der Waals surface area (Å²) in [5.74, 6) is 0.850. The lowest BCUT2D eigenvalue weighted by Gasteiger charge is -2.19. The molecule has 0 saturated carbocycles. The van der Waals surface area contributed by atoms with E-state index in [1.54, 1.807) is 7.11 Å². The highest BCUT2D eigenvalue weighted by molar-refractivity contribution is 9.10. The summed E-state index contributed by atoms with van der Waals surface area (Å²) < 4.78 is 7.38. The second kappa shape index (κ2) is 7.63. The van der Waals surface area contributed by atoms with Crippen LogP contribution < -0.4 is 10.1 Å². The summed E-state index contributed by atoms with van der Waals surface area (Å²) in [5, 5.41) is 4.09. The number of halogens is 3. The molecule has 0 fully saturated rings. The van der Waals surface area contributed by atoms with Crippen molar-refractivity contribution in [1.29, 1.82) is 0 Å². The molecule has 2 aromatic rings. The molecule has 1 unspecified atom stereocenters. The number of nitrogens with one attached hydrogen (secondary N) is 1. The highest BCUT2D eigenvalue weighted by Crippen LogP contribution is 2.31. The van der Waals surface area contributed by atoms with E-state index in [2.05, 4.69) is 43.2 Å². The average Bonchev–Trinajstić information content (AvgIpc) is 2.49. The van der Waals surface area contributed by atoms with Crippen LogP contribution in [0.4, 0.5) is 0 Å². The third-order valence-corrected chi connectivity index (χ3v) is 4.97. The summed E-state index contributed by atoms with van der Waals surface area (Å²) in [6.07, 6.45) is 0.810. The molecule has 2 rings (SSSR count). The molecule has 0 spiro atoms. The van der Waals surface area contributed by atoms with Gasteiger partial charge < -0.3 is 10.1 Å². The summed E-state index contributed by atoms with van der Waals surface area (Å²) in [5.41, 5.74) is 2.24. The number of hydrogen-bond acceptors (Lipinski definition) is 2. The monoisotopic (exact) mass is 431 g/mol. The van der Waals surface area contributed by atoms with Gasteiger partial charge in [0.05, 0.1) is 7.11 Å². The Morgan fingerprint density at radius 3 is 2.62 bits per heavy atom. The van der Waals surface area contributed by atoms with Gasteiger partial charge in [0, 0.05) is 20.0 Å². The zero-order valence-corrected chi connectivity index (χ0v) is 15.7. The van der Waals surface area contributed by atoms with Gasteiger partial charge in [-0.2, -0.15) is 0 Å². The molecule has 0 heterocycles. The molecule has 112 valence electrons. The Labute approximate surface area is 147 Å². The fourth-order valence-corrected chi connectivity index (χ4v) is 3.24. The average molecular weight is 434 g/mol. The van der Waals surface area contributed by atoms with E-state index in [9.17, 15) is 0 Å². The second-order valence-electron chi connectivity index (χ2n) is 4.67. The van der Waals surface area contributed by atoms with Gasteiger partial charge in [0.15, 0.2) is 0 Å². The highest BCUT2D eigenvalue weighted by Gasteiger charge is 2.16. The number of ether oxygens (including phenoxy) is 1. The Hall–Kier alpha value is -0.550. The standard InChI is InChI=1S/C16H16Br2ClNO/c1-20-16(13-9-11(17)3-6-15(13)19)8-10-7-12(21-2)4-5-14(10)18/h3-7,9,16,20H,8H2,1-2H3. The Morgan fingerprint density at radius 2 is 1.95 bits per heavy atom. The van der Waals surface area contributed by atoms with Crippen LogP contribution in [-0.4, -0.2) is 14.2 Å². The number of likely N-dealkylation sites (N-methyl/N-ethyl adjacent to an activating group) is 1. The van der Waals surface area contributed by atoms with Crippen molar-refractivity contribution in [3.8, 4) is 5.75 Å². The molecule has 0 aromatic heterocycles. The lowest BCUT2D eigenvalue weighted by atomic mass is 9.99. The Balaban J connectivity index is 2.33. The first-order valence-corrected chi connectivity index (χ1v) is 8.46. The lowest BCUT2D eigenvalue weighted by Crippen LogP contribution is -2.19. The Kier molecular flexibility index (Phi) is 6.11. The van der Waals surface area contributed by atoms with Crippen molar-refractivity contribution >= 4 is 43.5 Å². The van der Waals surface area contributed by atoms with E-state index in [0.717, 1.165) is 31.7 Å². The van der Waals surface area contributed by atoms with Crippen molar-refractivity contribution in [2.24, 2.45) is 0 Å². The molecule has 0 saturated heterocycles. The molecule has 0 aliphatic carbocycles. The maximum atomic E-state index is 6.34. The van der Waals surface area contributed by atoms with Crippen LogP contribution in [0.2, 0.25) is 5.02 Å². The molecule has 0 aliphatic rings. The first kappa shape index (κ1) is 16.8. The van der Waals surface area contributed by atoms with Crippen LogP contribution in [0.5, 0.6) is 5.75 Å². The normalized spacial score (nSPS) is 12.2. The topological polar surface area (TPSA) is 21.3 Å². The molecule has 2 nitrogen and oxygen atoms in total. The van der Waals surface area contributed by atoms with Gasteiger partial charge in [0.2, 0.25) is 0 Å². The second-order valence-corrected chi connectivity index (χ2v) is 6.85. The van der Waals surface area contributed by atoms with E-state index >= 15 is 0 Å². The van der Waals surface area contributed by atoms with Gasteiger partial charge >= 0.3 is 0 Å². The fraction of sp³-hybridized carbons (Fsp3) is 0.250. The van der Waals surface area contributed by atoms with E-state index < -0.39 is 0 Å². The van der Waals surface area contributed by atoms with Crippen molar-refractivity contribution in [2.45, 2.75) is 12.5 Å². The number of methoxy groups -OCH3 is 1. The molecule has 0 aliphatic heterocycles. The summed E-state index contributed by atoms with van der Waals surface area (Å²) in [4.78, 5) is 0. The van der Waals surface area contributed by atoms with E-state index in [4.69, 9.17) is 16.3 Å². The molecule has 0 bridgehead atoms. The molecule has 21 heavy (non-hydrogen) atoms. The maximum Gasteiger partial charge on any atom is 0.119 e. The van der Waals surface area contributed by atoms with E-state index in [-0.39, 0.29) is 6.04 Å². The zero-order chi connectivity index (χ0) is 15.4. The van der Waals surface area contributed by atoms with E-state index in [1.165, 1.54) is 5.56 Å². The largest absolute Gasteiger partial charge is 0.497 e. The van der Waals surface area contributed by atoms with Gasteiger partial charge in [0.25, 0.3) is 0 Å². The van der Waals surface area contributed by atoms with Crippen LogP contribution in [0.3, 0.4) is 0 Å². The van der Waals surface area contributed by atoms with Crippen LogP contribution in [0.1, 0.15) is 17.2 Å². The van der Waals surface area contributed by atoms with Gasteiger partial charge in [-0.15, -0.1) is 0 Å².